The van der Waals surface area contributed by atoms with Gasteiger partial charge in [-0.2, -0.15) is 0 Å². The van der Waals surface area contributed by atoms with Crippen LogP contribution in [0.5, 0.6) is 5.75 Å². The highest BCUT2D eigenvalue weighted by molar-refractivity contribution is 5.99. The van der Waals surface area contributed by atoms with Crippen LogP contribution in [0.4, 0.5) is 5.69 Å². The highest BCUT2D eigenvalue weighted by Crippen LogP contribution is 2.57. The first-order valence-electron chi connectivity index (χ1n) is 24.2. The van der Waals surface area contributed by atoms with Gasteiger partial charge in [-0.1, -0.05) is 19.9 Å². The van der Waals surface area contributed by atoms with Gasteiger partial charge in [-0.3, -0.25) is 9.59 Å². The molecular weight excluding hydrogens is 821 g/mol. The van der Waals surface area contributed by atoms with Crippen molar-refractivity contribution in [1.82, 2.24) is 4.90 Å². The number of rotatable bonds is 13. The van der Waals surface area contributed by atoms with Crippen molar-refractivity contribution in [3.8, 4) is 5.75 Å². The molecule has 14 heteroatoms. The highest BCUT2D eigenvalue weighted by Gasteiger charge is 2.60. The van der Waals surface area contributed by atoms with Crippen LogP contribution >= 0.6 is 0 Å². The summed E-state index contributed by atoms with van der Waals surface area (Å²) in [6, 6.07) is 7.57. The first kappa shape index (κ1) is 49.3. The zero-order chi connectivity index (χ0) is 46.0. The first-order valence-corrected chi connectivity index (χ1v) is 24.2. The fraction of sp³-hybridized carbons (Fsp3) is 0.800. The molecule has 3 heterocycles. The number of cyclic esters (lactones) is 1. The SMILES string of the molecule is CC[C@H]1CCC[C@H](O[C@H]2CC[C@H](N(C)C)C(C)O2)[C@@H](C)C(=O)C2=C[C@H]3[C@@H]4C[C@H](O[C@@H]5OC(C)[C@H](OC)C(OC)C5OC)C[C@H]4[C@@H](O)[C@H](Nc4ccc(OC(C)C)cc4)[C@H]3[C@@H]2CC(=O)O1. The first-order chi connectivity index (χ1) is 30.6. The van der Waals surface area contributed by atoms with Crippen molar-refractivity contribution in [2.75, 3.05) is 40.7 Å². The molecule has 7 rings (SSSR count). The van der Waals surface area contributed by atoms with Crippen molar-refractivity contribution >= 4 is 17.4 Å². The van der Waals surface area contributed by atoms with Crippen LogP contribution in [0.2, 0.25) is 0 Å². The molecule has 1 aromatic carbocycles. The predicted molar refractivity (Wildman–Crippen MR) is 241 cm³/mol. The number of Topliss-reactive ketones (excluding diaryl/α,β-unsaturated/α-hetero) is 1. The molecule has 1 aromatic rings. The number of aliphatic hydroxyl groups excluding tert-OH is 1. The second-order valence-corrected chi connectivity index (χ2v) is 20.0. The maximum absolute atomic E-state index is 15.3. The molecule has 0 aromatic heterocycles. The van der Waals surface area contributed by atoms with Crippen molar-refractivity contribution in [1.29, 1.82) is 0 Å². The maximum Gasteiger partial charge on any atom is 0.306 e. The molecule has 0 bridgehead atoms. The molecule has 0 amide bonds. The minimum Gasteiger partial charge on any atom is -0.491 e. The number of allylic oxidation sites excluding steroid dienone is 2. The van der Waals surface area contributed by atoms with E-state index in [4.69, 9.17) is 42.6 Å². The van der Waals surface area contributed by atoms with Gasteiger partial charge >= 0.3 is 5.97 Å². The third-order valence-electron chi connectivity index (χ3n) is 15.5. The number of fused-ring (bicyclic) bond motifs is 5. The number of carbonyl (C=O) groups excluding carboxylic acids is 2. The van der Waals surface area contributed by atoms with E-state index in [1.807, 2.05) is 58.9 Å². The van der Waals surface area contributed by atoms with Gasteiger partial charge in [0.15, 0.2) is 18.4 Å². The van der Waals surface area contributed by atoms with E-state index in [0.29, 0.717) is 43.7 Å². The Kier molecular flexibility index (Phi) is 16.6. The van der Waals surface area contributed by atoms with Crippen molar-refractivity contribution < 1.29 is 57.3 Å². The minimum atomic E-state index is -0.825. The summed E-state index contributed by atoms with van der Waals surface area (Å²) in [7, 11) is 9.05. The van der Waals surface area contributed by atoms with Crippen molar-refractivity contribution in [3.63, 3.8) is 0 Å². The number of ketones is 1. The van der Waals surface area contributed by atoms with Gasteiger partial charge in [0.25, 0.3) is 0 Å². The zero-order valence-electron chi connectivity index (χ0n) is 40.2. The fourth-order valence-electron chi connectivity index (χ4n) is 12.3. The lowest BCUT2D eigenvalue weighted by Gasteiger charge is -2.47. The summed E-state index contributed by atoms with van der Waals surface area (Å²) in [4.78, 5) is 31.5. The number of carbonyl (C=O) groups is 2. The molecule has 6 aliphatic rings. The van der Waals surface area contributed by atoms with Gasteiger partial charge in [0.05, 0.1) is 49.1 Å². The van der Waals surface area contributed by atoms with Gasteiger partial charge < -0.3 is 58.0 Å². The largest absolute Gasteiger partial charge is 0.491 e. The lowest BCUT2D eigenvalue weighted by molar-refractivity contribution is -0.314. The van der Waals surface area contributed by atoms with Crippen LogP contribution in [-0.4, -0.2) is 143 Å². The molecule has 3 aliphatic heterocycles. The normalized spacial score (nSPS) is 41.9. The van der Waals surface area contributed by atoms with Crippen LogP contribution in [0.3, 0.4) is 0 Å². The van der Waals surface area contributed by atoms with Crippen LogP contribution in [0.25, 0.3) is 0 Å². The summed E-state index contributed by atoms with van der Waals surface area (Å²) in [6.07, 6.45) is 3.35. The van der Waals surface area contributed by atoms with Gasteiger partial charge in [0, 0.05) is 44.9 Å². The molecule has 360 valence electrons. The summed E-state index contributed by atoms with van der Waals surface area (Å²) >= 11 is 0. The lowest BCUT2D eigenvalue weighted by Crippen LogP contribution is -2.59. The Labute approximate surface area is 381 Å². The van der Waals surface area contributed by atoms with E-state index in [9.17, 15) is 9.90 Å². The van der Waals surface area contributed by atoms with Crippen molar-refractivity contribution in [2.24, 2.45) is 35.5 Å². The van der Waals surface area contributed by atoms with Crippen molar-refractivity contribution in [3.05, 3.63) is 35.9 Å². The Morgan fingerprint density at radius 3 is 2.20 bits per heavy atom. The topological polar surface area (TPSA) is 153 Å². The highest BCUT2D eigenvalue weighted by atomic mass is 16.7. The molecule has 2 N–H and O–H groups in total. The van der Waals surface area contributed by atoms with Crippen LogP contribution in [0.1, 0.15) is 99.3 Å². The fourth-order valence-corrected chi connectivity index (χ4v) is 12.3. The Morgan fingerprint density at radius 2 is 1.56 bits per heavy atom. The number of likely N-dealkylation sites (N-methyl/N-ethyl adjacent to an activating group) is 1. The molecule has 5 fully saturated rings. The van der Waals surface area contributed by atoms with Crippen LogP contribution in [-0.2, 0) is 47.5 Å². The predicted octanol–water partition coefficient (Wildman–Crippen LogP) is 6.56. The van der Waals surface area contributed by atoms with Crippen LogP contribution in [0, 0.1) is 35.5 Å². The Bertz CT molecular complexity index is 1730. The average Bonchev–Trinajstić information content (AvgIpc) is 3.85. The quantitative estimate of drug-likeness (QED) is 0.206. The monoisotopic (exact) mass is 899 g/mol. The minimum absolute atomic E-state index is 0.0148. The van der Waals surface area contributed by atoms with Gasteiger partial charge in [0.2, 0.25) is 0 Å². The molecular formula is C50H78N2O12. The lowest BCUT2D eigenvalue weighted by atomic mass is 9.62. The van der Waals surface area contributed by atoms with E-state index in [-0.39, 0.29) is 84.6 Å². The summed E-state index contributed by atoms with van der Waals surface area (Å²) in [5.74, 6) is -1.22. The third-order valence-corrected chi connectivity index (χ3v) is 15.5. The van der Waals surface area contributed by atoms with E-state index in [1.165, 1.54) is 0 Å². The number of aliphatic hydroxyl groups is 1. The molecule has 3 aliphatic carbocycles. The molecule has 2 saturated carbocycles. The molecule has 14 nitrogen and oxygen atoms in total. The van der Waals surface area contributed by atoms with Gasteiger partial charge in [-0.25, -0.2) is 0 Å². The number of hydrogen-bond donors (Lipinski definition) is 2. The Hall–Kier alpha value is -2.66. The number of hydrogen-bond acceptors (Lipinski definition) is 14. The van der Waals surface area contributed by atoms with E-state index in [0.717, 1.165) is 30.7 Å². The number of benzene rings is 1. The smallest absolute Gasteiger partial charge is 0.306 e. The number of anilines is 1. The third kappa shape index (κ3) is 10.6. The second kappa shape index (κ2) is 21.5. The summed E-state index contributed by atoms with van der Waals surface area (Å²) < 4.78 is 56.3. The summed E-state index contributed by atoms with van der Waals surface area (Å²) in [6.45, 7) is 12.0. The van der Waals surface area contributed by atoms with E-state index < -0.39 is 48.8 Å². The average molecular weight is 899 g/mol. The Balaban J connectivity index is 1.22. The second-order valence-electron chi connectivity index (χ2n) is 20.0. The summed E-state index contributed by atoms with van der Waals surface area (Å²) in [5.41, 5.74) is 1.45. The molecule has 4 unspecified atom stereocenters. The van der Waals surface area contributed by atoms with Gasteiger partial charge in [-0.15, -0.1) is 0 Å². The molecule has 3 saturated heterocycles. The number of nitrogens with zero attached hydrogens (tertiary/aromatic N) is 1. The molecule has 19 atom stereocenters. The van der Waals surface area contributed by atoms with Crippen LogP contribution < -0.4 is 10.1 Å². The number of esters is 1. The number of nitrogens with one attached hydrogen (secondary N) is 1. The zero-order valence-corrected chi connectivity index (χ0v) is 40.2. The summed E-state index contributed by atoms with van der Waals surface area (Å²) in [5, 5.41) is 16.4. The number of methoxy groups -OCH3 is 3. The van der Waals surface area contributed by atoms with Crippen molar-refractivity contribution in [2.45, 2.75) is 185 Å². The van der Waals surface area contributed by atoms with E-state index >= 15 is 4.79 Å². The van der Waals surface area contributed by atoms with Gasteiger partial charge in [0.1, 0.15) is 30.2 Å². The standard InChI is InChI=1S/C50H78N2O12/c1-12-31-14-13-15-40(64-42-21-20-39(52(7)8)28(5)60-42)27(4)45(54)38-24-35-34-22-33(63-50-49(58-11)48(57-10)47(56-9)29(6)61-50)23-37(34)46(55)44(43(35)36(38)25-41(53)62-31)51-30-16-18-32(19-17-30)59-26(2)3/h16-19,24,26-29,31,33-37,39-40,42-44,46-51,55H,12-15,20-23,25H2,1-11H3/t27-,28?,29?,31+,33+,34+,35+,36-,37-,39+,40+,42+,43-,44-,46-,47+,48?,49?,50+/m1/s1. The maximum atomic E-state index is 15.3. The number of ether oxygens (including phenoxy) is 9. The molecule has 0 spiro atoms. The van der Waals surface area contributed by atoms with Crippen LogP contribution in [0.15, 0.2) is 35.9 Å². The van der Waals surface area contributed by atoms with E-state index in [1.54, 1.807) is 21.3 Å². The van der Waals surface area contributed by atoms with E-state index in [2.05, 4.69) is 37.3 Å². The Morgan fingerprint density at radius 1 is 0.859 bits per heavy atom. The molecule has 0 radical (unpaired) electrons. The van der Waals surface area contributed by atoms with Gasteiger partial charge in [-0.05, 0) is 147 Å². The molecule has 64 heavy (non-hydrogen) atoms.